The van der Waals surface area contributed by atoms with E-state index in [2.05, 4.69) is 4.98 Å². The fraction of sp³-hybridized carbons (Fsp3) is 0.188. The van der Waals surface area contributed by atoms with Gasteiger partial charge in [0.25, 0.3) is 0 Å². The van der Waals surface area contributed by atoms with Crippen LogP contribution in [-0.4, -0.2) is 10.1 Å². The molecule has 1 aromatic heterocycles. The van der Waals surface area contributed by atoms with Crippen LogP contribution in [0.2, 0.25) is 5.02 Å². The lowest BCUT2D eigenvalue weighted by atomic mass is 10.0. The molecule has 4 heteroatoms. The second-order valence-electron chi connectivity index (χ2n) is 4.80. The van der Waals surface area contributed by atoms with Gasteiger partial charge in [-0.3, -0.25) is 0 Å². The van der Waals surface area contributed by atoms with E-state index in [1.165, 1.54) is 0 Å². The summed E-state index contributed by atoms with van der Waals surface area (Å²) < 4.78 is 5.62. The largest absolute Gasteiger partial charge is 0.441 e. The summed E-state index contributed by atoms with van der Waals surface area (Å²) in [5.41, 5.74) is 3.30. The number of rotatable bonds is 3. The summed E-state index contributed by atoms with van der Waals surface area (Å²) in [6, 6.07) is 13.1. The SMILES string of the molecule is Cc1cc(C(O)Cc2nc3ccccc3o2)ccc1Cl. The Balaban J connectivity index is 1.84. The van der Waals surface area contributed by atoms with Gasteiger partial charge in [0, 0.05) is 5.02 Å². The molecule has 0 fully saturated rings. The Bertz CT molecular complexity index is 718. The maximum Gasteiger partial charge on any atom is 0.198 e. The van der Waals surface area contributed by atoms with Crippen LogP contribution in [0.25, 0.3) is 11.1 Å². The molecule has 102 valence electrons. The van der Waals surface area contributed by atoms with Crippen molar-refractivity contribution in [3.63, 3.8) is 0 Å². The number of aryl methyl sites for hydroxylation is 1. The molecule has 1 N–H and O–H groups in total. The van der Waals surface area contributed by atoms with Gasteiger partial charge in [-0.05, 0) is 36.2 Å². The van der Waals surface area contributed by atoms with Crippen LogP contribution in [0.1, 0.15) is 23.1 Å². The first-order valence-electron chi connectivity index (χ1n) is 6.42. The van der Waals surface area contributed by atoms with Crippen molar-refractivity contribution in [1.29, 1.82) is 0 Å². The molecule has 2 aromatic carbocycles. The molecule has 0 saturated carbocycles. The number of para-hydroxylation sites is 2. The van der Waals surface area contributed by atoms with Crippen LogP contribution in [0.15, 0.2) is 46.9 Å². The van der Waals surface area contributed by atoms with E-state index in [9.17, 15) is 5.11 Å². The fourth-order valence-electron chi connectivity index (χ4n) is 2.17. The van der Waals surface area contributed by atoms with E-state index in [0.29, 0.717) is 17.3 Å². The number of aliphatic hydroxyl groups is 1. The van der Waals surface area contributed by atoms with Crippen LogP contribution < -0.4 is 0 Å². The number of nitrogens with zero attached hydrogens (tertiary/aromatic N) is 1. The van der Waals surface area contributed by atoms with Gasteiger partial charge in [0.2, 0.25) is 0 Å². The molecular formula is C16H14ClNO2. The Morgan fingerprint density at radius 1 is 1.25 bits per heavy atom. The third kappa shape index (κ3) is 2.55. The summed E-state index contributed by atoms with van der Waals surface area (Å²) in [6.07, 6.45) is -0.311. The lowest BCUT2D eigenvalue weighted by Crippen LogP contribution is -2.02. The van der Waals surface area contributed by atoms with Gasteiger partial charge in [0.15, 0.2) is 11.5 Å². The Labute approximate surface area is 121 Å². The van der Waals surface area contributed by atoms with E-state index in [1.54, 1.807) is 6.07 Å². The fourth-order valence-corrected chi connectivity index (χ4v) is 2.28. The average molecular weight is 288 g/mol. The summed E-state index contributed by atoms with van der Waals surface area (Å²) in [7, 11) is 0. The van der Waals surface area contributed by atoms with Crippen LogP contribution in [0.4, 0.5) is 0 Å². The maximum absolute atomic E-state index is 10.3. The van der Waals surface area contributed by atoms with Crippen molar-refractivity contribution >= 4 is 22.7 Å². The number of hydrogen-bond donors (Lipinski definition) is 1. The molecule has 0 bridgehead atoms. The standard InChI is InChI=1S/C16H14ClNO2/c1-10-8-11(6-7-12(10)17)14(19)9-16-18-13-4-2-3-5-15(13)20-16/h2-8,14,19H,9H2,1H3. The lowest BCUT2D eigenvalue weighted by molar-refractivity contribution is 0.169. The highest BCUT2D eigenvalue weighted by atomic mass is 35.5. The highest BCUT2D eigenvalue weighted by Gasteiger charge is 2.14. The predicted octanol–water partition coefficient (Wildman–Crippen LogP) is 4.07. The van der Waals surface area contributed by atoms with E-state index in [4.69, 9.17) is 16.0 Å². The lowest BCUT2D eigenvalue weighted by Gasteiger charge is -2.10. The first kappa shape index (κ1) is 13.2. The molecule has 20 heavy (non-hydrogen) atoms. The summed E-state index contributed by atoms with van der Waals surface area (Å²) in [5.74, 6) is 0.534. The van der Waals surface area contributed by atoms with Crippen molar-refractivity contribution in [2.45, 2.75) is 19.4 Å². The molecule has 1 heterocycles. The van der Waals surface area contributed by atoms with E-state index in [-0.39, 0.29) is 0 Å². The summed E-state index contributed by atoms with van der Waals surface area (Å²) in [5, 5.41) is 11.0. The minimum Gasteiger partial charge on any atom is -0.441 e. The molecule has 0 spiro atoms. The Morgan fingerprint density at radius 2 is 2.05 bits per heavy atom. The highest BCUT2D eigenvalue weighted by Crippen LogP contribution is 2.24. The smallest absolute Gasteiger partial charge is 0.198 e. The first-order chi connectivity index (χ1) is 9.63. The topological polar surface area (TPSA) is 46.3 Å². The van der Waals surface area contributed by atoms with Gasteiger partial charge in [-0.1, -0.05) is 35.9 Å². The van der Waals surface area contributed by atoms with Gasteiger partial charge in [0.1, 0.15) is 5.52 Å². The number of aromatic nitrogens is 1. The molecule has 0 aliphatic rings. The highest BCUT2D eigenvalue weighted by molar-refractivity contribution is 6.31. The number of aliphatic hydroxyl groups excluding tert-OH is 1. The number of hydrogen-bond acceptors (Lipinski definition) is 3. The summed E-state index contributed by atoms with van der Waals surface area (Å²) >= 11 is 5.99. The molecule has 0 aliphatic carbocycles. The van der Waals surface area contributed by atoms with Gasteiger partial charge in [0.05, 0.1) is 12.5 Å². The van der Waals surface area contributed by atoms with Crippen LogP contribution >= 0.6 is 11.6 Å². The van der Waals surface area contributed by atoms with Gasteiger partial charge in [-0.2, -0.15) is 0 Å². The predicted molar refractivity (Wildman–Crippen MR) is 78.9 cm³/mol. The monoisotopic (exact) mass is 287 g/mol. The molecule has 3 nitrogen and oxygen atoms in total. The molecule has 1 atom stereocenters. The average Bonchev–Trinajstić information content (AvgIpc) is 2.83. The van der Waals surface area contributed by atoms with Gasteiger partial charge < -0.3 is 9.52 Å². The van der Waals surface area contributed by atoms with E-state index in [0.717, 1.165) is 22.2 Å². The summed E-state index contributed by atoms with van der Waals surface area (Å²) in [6.45, 7) is 1.91. The van der Waals surface area contributed by atoms with Crippen LogP contribution in [0, 0.1) is 6.92 Å². The Kier molecular flexibility index (Phi) is 3.47. The van der Waals surface area contributed by atoms with E-state index >= 15 is 0 Å². The van der Waals surface area contributed by atoms with Crippen molar-refractivity contribution in [2.75, 3.05) is 0 Å². The first-order valence-corrected chi connectivity index (χ1v) is 6.80. The quantitative estimate of drug-likeness (QED) is 0.790. The van der Waals surface area contributed by atoms with Gasteiger partial charge >= 0.3 is 0 Å². The van der Waals surface area contributed by atoms with E-state index in [1.807, 2.05) is 43.3 Å². The number of fused-ring (bicyclic) bond motifs is 1. The normalized spacial score (nSPS) is 12.8. The molecule has 1 unspecified atom stereocenters. The second kappa shape index (κ2) is 5.27. The molecule has 0 radical (unpaired) electrons. The number of halogens is 1. The third-order valence-corrected chi connectivity index (χ3v) is 3.70. The number of benzene rings is 2. The Morgan fingerprint density at radius 3 is 2.80 bits per heavy atom. The van der Waals surface area contributed by atoms with Gasteiger partial charge in [-0.25, -0.2) is 4.98 Å². The van der Waals surface area contributed by atoms with Crippen LogP contribution in [0.5, 0.6) is 0 Å². The van der Waals surface area contributed by atoms with Crippen molar-refractivity contribution < 1.29 is 9.52 Å². The zero-order chi connectivity index (χ0) is 14.1. The zero-order valence-electron chi connectivity index (χ0n) is 11.0. The minimum atomic E-state index is -0.654. The van der Waals surface area contributed by atoms with Crippen molar-refractivity contribution in [3.05, 3.63) is 64.5 Å². The maximum atomic E-state index is 10.3. The molecule has 3 aromatic rings. The zero-order valence-corrected chi connectivity index (χ0v) is 11.8. The third-order valence-electron chi connectivity index (χ3n) is 3.27. The van der Waals surface area contributed by atoms with Crippen molar-refractivity contribution in [3.8, 4) is 0 Å². The number of oxazole rings is 1. The molecule has 0 saturated heterocycles. The Hall–Kier alpha value is -1.84. The molecule has 0 aliphatic heterocycles. The summed E-state index contributed by atoms with van der Waals surface area (Å²) in [4.78, 5) is 4.37. The van der Waals surface area contributed by atoms with E-state index < -0.39 is 6.10 Å². The molecule has 0 amide bonds. The second-order valence-corrected chi connectivity index (χ2v) is 5.21. The van der Waals surface area contributed by atoms with Gasteiger partial charge in [-0.15, -0.1) is 0 Å². The molecular weight excluding hydrogens is 274 g/mol. The molecule has 3 rings (SSSR count). The minimum absolute atomic E-state index is 0.343. The van der Waals surface area contributed by atoms with Crippen LogP contribution in [-0.2, 0) is 6.42 Å². The van der Waals surface area contributed by atoms with Crippen LogP contribution in [0.3, 0.4) is 0 Å². The van der Waals surface area contributed by atoms with Crippen molar-refractivity contribution in [1.82, 2.24) is 4.98 Å². The van der Waals surface area contributed by atoms with Crippen molar-refractivity contribution in [2.24, 2.45) is 0 Å².